The lowest BCUT2D eigenvalue weighted by Crippen LogP contribution is -2.29. The number of carbonyl (C=O) groups excluding carboxylic acids is 1. The third kappa shape index (κ3) is 4.94. The first-order valence-electron chi connectivity index (χ1n) is 9.94. The Bertz CT molecular complexity index is 1170. The Balaban J connectivity index is 2.10. The van der Waals surface area contributed by atoms with Gasteiger partial charge >= 0.3 is 5.97 Å². The molecule has 0 saturated carbocycles. The molecule has 3 aromatic rings. The molecule has 0 unspecified atom stereocenters. The molecular formula is C24H23ClFNO5. The highest BCUT2D eigenvalue weighted by Crippen LogP contribution is 2.37. The van der Waals surface area contributed by atoms with Crippen molar-refractivity contribution < 1.29 is 24.1 Å². The average Bonchev–Trinajstić information content (AvgIpc) is 2.74. The molecule has 0 fully saturated rings. The number of aromatic nitrogens is 1. The van der Waals surface area contributed by atoms with Crippen LogP contribution in [0.1, 0.15) is 34.7 Å². The molecule has 8 heteroatoms. The number of benzene rings is 2. The zero-order valence-corrected chi connectivity index (χ0v) is 18.4. The number of halogens is 2. The van der Waals surface area contributed by atoms with Crippen LogP contribution < -0.4 is 5.56 Å². The first-order valence-corrected chi connectivity index (χ1v) is 10.3. The number of hydrogen-bond acceptors (Lipinski definition) is 5. The van der Waals surface area contributed by atoms with Crippen LogP contribution in [0.4, 0.5) is 4.39 Å². The van der Waals surface area contributed by atoms with Gasteiger partial charge in [-0.2, -0.15) is 0 Å². The number of nitrogens with zero attached hydrogens (tertiary/aromatic N) is 1. The first kappa shape index (κ1) is 23.3. The minimum atomic E-state index is -1.14. The van der Waals surface area contributed by atoms with Crippen LogP contribution in [0.2, 0.25) is 5.02 Å². The molecule has 6 nitrogen and oxygen atoms in total. The van der Waals surface area contributed by atoms with Crippen molar-refractivity contribution in [2.75, 3.05) is 7.11 Å². The highest BCUT2D eigenvalue weighted by Gasteiger charge is 2.30. The lowest BCUT2D eigenvalue weighted by Gasteiger charge is -2.21. The average molecular weight is 460 g/mol. The maximum absolute atomic E-state index is 14.7. The molecule has 1 atom stereocenters. The Kier molecular flexibility index (Phi) is 7.20. The van der Waals surface area contributed by atoms with E-state index in [-0.39, 0.29) is 40.6 Å². The fourth-order valence-electron chi connectivity index (χ4n) is 3.72. The summed E-state index contributed by atoms with van der Waals surface area (Å²) >= 11 is 6.23. The van der Waals surface area contributed by atoms with Crippen molar-refractivity contribution in [1.29, 1.82) is 0 Å². The summed E-state index contributed by atoms with van der Waals surface area (Å²) in [5.41, 5.74) is 0.674. The number of methoxy groups -OCH3 is 1. The molecule has 2 aromatic carbocycles. The molecule has 2 N–H and O–H groups in total. The van der Waals surface area contributed by atoms with E-state index in [9.17, 15) is 24.2 Å². The molecule has 32 heavy (non-hydrogen) atoms. The van der Waals surface area contributed by atoms with Gasteiger partial charge in [-0.15, -0.1) is 0 Å². The minimum Gasteiger partial charge on any atom is -0.508 e. The van der Waals surface area contributed by atoms with E-state index < -0.39 is 23.3 Å². The van der Waals surface area contributed by atoms with E-state index >= 15 is 0 Å². The topological polar surface area (TPSA) is 88.8 Å². The normalized spacial score (nSPS) is 11.9. The zero-order valence-electron chi connectivity index (χ0n) is 17.6. The summed E-state index contributed by atoms with van der Waals surface area (Å²) in [7, 11) is 1.19. The Morgan fingerprint density at radius 1 is 1.16 bits per heavy atom. The monoisotopic (exact) mass is 459 g/mol. The molecule has 0 amide bonds. The fraction of sp³-hybridized carbons (Fsp3) is 0.250. The number of aromatic hydroxyl groups is 2. The summed E-state index contributed by atoms with van der Waals surface area (Å²) in [6.45, 7) is 1.95. The van der Waals surface area contributed by atoms with Gasteiger partial charge in [0.2, 0.25) is 0 Å². The molecule has 0 aliphatic carbocycles. The number of carbonyl (C=O) groups is 1. The van der Waals surface area contributed by atoms with Gasteiger partial charge < -0.3 is 19.5 Å². The van der Waals surface area contributed by atoms with Crippen LogP contribution in [-0.2, 0) is 22.5 Å². The van der Waals surface area contributed by atoms with E-state index in [0.29, 0.717) is 12.1 Å². The van der Waals surface area contributed by atoms with Crippen LogP contribution in [0.3, 0.4) is 0 Å². The molecule has 0 spiro atoms. The summed E-state index contributed by atoms with van der Waals surface area (Å²) in [4.78, 5) is 25.5. The molecular weight excluding hydrogens is 437 g/mol. The number of phenols is 1. The fourth-order valence-corrected chi connectivity index (χ4v) is 4.01. The first-order chi connectivity index (χ1) is 15.2. The lowest BCUT2D eigenvalue weighted by molar-refractivity contribution is -0.140. The van der Waals surface area contributed by atoms with Gasteiger partial charge in [-0.05, 0) is 49.2 Å². The van der Waals surface area contributed by atoms with Crippen LogP contribution in [0.25, 0.3) is 0 Å². The Labute approximate surface area is 189 Å². The predicted octanol–water partition coefficient (Wildman–Crippen LogP) is 4.30. The van der Waals surface area contributed by atoms with Crippen molar-refractivity contribution in [3.8, 4) is 11.5 Å². The van der Waals surface area contributed by atoms with E-state index in [1.165, 1.54) is 35.9 Å². The number of pyridine rings is 1. The number of ether oxygens (including phenoxy) is 1. The third-order valence-corrected chi connectivity index (χ3v) is 5.71. The van der Waals surface area contributed by atoms with Gasteiger partial charge in [0.15, 0.2) is 0 Å². The number of esters is 1. The standard InChI is InChI=1S/C24H23ClFNO5/c1-14-12-20(29)23(24(31)27(14)11-10-15-6-8-16(28)9-7-15)17(13-21(30)32-2)22-18(25)4-3-5-19(22)26/h3-9,12,17,28-29H,10-11,13H2,1-2H3/t17-/m1/s1. The van der Waals surface area contributed by atoms with Crippen molar-refractivity contribution in [1.82, 2.24) is 4.57 Å². The summed E-state index contributed by atoms with van der Waals surface area (Å²) in [6, 6.07) is 12.1. The maximum atomic E-state index is 14.7. The molecule has 0 aliphatic heterocycles. The molecule has 1 heterocycles. The van der Waals surface area contributed by atoms with Crippen LogP contribution in [-0.4, -0.2) is 27.9 Å². The van der Waals surface area contributed by atoms with Crippen LogP contribution in [0.5, 0.6) is 11.5 Å². The Morgan fingerprint density at radius 3 is 2.47 bits per heavy atom. The molecule has 0 saturated heterocycles. The highest BCUT2D eigenvalue weighted by molar-refractivity contribution is 6.31. The van der Waals surface area contributed by atoms with E-state index in [4.69, 9.17) is 16.3 Å². The summed E-state index contributed by atoms with van der Waals surface area (Å²) in [5, 5.41) is 20.1. The van der Waals surface area contributed by atoms with Crippen molar-refractivity contribution in [3.63, 3.8) is 0 Å². The third-order valence-electron chi connectivity index (χ3n) is 5.38. The van der Waals surface area contributed by atoms with Gasteiger partial charge in [0.25, 0.3) is 5.56 Å². The van der Waals surface area contributed by atoms with Crippen molar-refractivity contribution >= 4 is 17.6 Å². The van der Waals surface area contributed by atoms with Gasteiger partial charge in [0.05, 0.1) is 19.1 Å². The largest absolute Gasteiger partial charge is 0.508 e. The van der Waals surface area contributed by atoms with Crippen LogP contribution in [0, 0.1) is 12.7 Å². The molecule has 168 valence electrons. The lowest BCUT2D eigenvalue weighted by atomic mass is 9.87. The maximum Gasteiger partial charge on any atom is 0.306 e. The van der Waals surface area contributed by atoms with Gasteiger partial charge in [0, 0.05) is 28.7 Å². The second-order valence-corrected chi connectivity index (χ2v) is 7.83. The molecule has 0 bridgehead atoms. The van der Waals surface area contributed by atoms with Gasteiger partial charge in [-0.3, -0.25) is 9.59 Å². The van der Waals surface area contributed by atoms with E-state index in [1.807, 2.05) is 0 Å². The SMILES string of the molecule is COC(=O)C[C@H](c1c(F)cccc1Cl)c1c(O)cc(C)n(CCc2ccc(O)cc2)c1=O. The zero-order chi connectivity index (χ0) is 23.4. The second kappa shape index (κ2) is 9.87. The Morgan fingerprint density at radius 2 is 1.84 bits per heavy atom. The smallest absolute Gasteiger partial charge is 0.306 e. The van der Waals surface area contributed by atoms with Crippen molar-refractivity contribution in [3.05, 3.63) is 92.1 Å². The van der Waals surface area contributed by atoms with Gasteiger partial charge in [-0.25, -0.2) is 4.39 Å². The summed E-state index contributed by atoms with van der Waals surface area (Å²) in [6.07, 6.45) is 0.105. The van der Waals surface area contributed by atoms with E-state index in [0.717, 1.165) is 5.56 Å². The van der Waals surface area contributed by atoms with E-state index in [1.54, 1.807) is 31.2 Å². The molecule has 1 aromatic heterocycles. The minimum absolute atomic E-state index is 0.0360. The number of aryl methyl sites for hydroxylation is 2. The molecule has 3 rings (SSSR count). The quantitative estimate of drug-likeness (QED) is 0.514. The van der Waals surface area contributed by atoms with Crippen LogP contribution in [0.15, 0.2) is 53.3 Å². The predicted molar refractivity (Wildman–Crippen MR) is 119 cm³/mol. The molecule has 0 radical (unpaired) electrons. The Hall–Kier alpha value is -3.32. The second-order valence-electron chi connectivity index (χ2n) is 7.43. The van der Waals surface area contributed by atoms with Gasteiger partial charge in [-0.1, -0.05) is 29.8 Å². The van der Waals surface area contributed by atoms with Crippen LogP contribution >= 0.6 is 11.6 Å². The summed E-state index contributed by atoms with van der Waals surface area (Å²) in [5.74, 6) is -2.71. The number of phenolic OH excluding ortho intramolecular Hbond substituents is 1. The number of hydrogen-bond donors (Lipinski definition) is 2. The number of rotatable bonds is 7. The highest BCUT2D eigenvalue weighted by atomic mass is 35.5. The summed E-state index contributed by atoms with van der Waals surface area (Å²) < 4.78 is 20.9. The molecule has 0 aliphatic rings. The van der Waals surface area contributed by atoms with E-state index in [2.05, 4.69) is 0 Å². The van der Waals surface area contributed by atoms with Crippen molar-refractivity contribution in [2.24, 2.45) is 0 Å². The van der Waals surface area contributed by atoms with Gasteiger partial charge in [0.1, 0.15) is 17.3 Å². The van der Waals surface area contributed by atoms with Crippen molar-refractivity contribution in [2.45, 2.75) is 32.2 Å².